The maximum absolute atomic E-state index is 12.1. The number of methoxy groups -OCH3 is 1. The minimum atomic E-state index is -0.462. The average molecular weight is 344 g/mol. The van der Waals surface area contributed by atoms with Gasteiger partial charge in [-0.2, -0.15) is 4.98 Å². The van der Waals surface area contributed by atoms with E-state index in [1.807, 2.05) is 24.3 Å². The summed E-state index contributed by atoms with van der Waals surface area (Å²) in [4.78, 5) is 16.2. The Morgan fingerprint density at radius 2 is 2.08 bits per heavy atom. The summed E-state index contributed by atoms with van der Waals surface area (Å²) in [5.74, 6) is 0.412. The predicted molar refractivity (Wildman–Crippen MR) is 88.9 cm³/mol. The first-order valence-electron chi connectivity index (χ1n) is 7.17. The van der Waals surface area contributed by atoms with Gasteiger partial charge in [0.15, 0.2) is 0 Å². The van der Waals surface area contributed by atoms with Crippen LogP contribution in [0.4, 0.5) is 0 Å². The Morgan fingerprint density at radius 3 is 2.88 bits per heavy atom. The molecule has 6 nitrogen and oxygen atoms in total. The van der Waals surface area contributed by atoms with E-state index in [9.17, 15) is 4.79 Å². The molecule has 122 valence electrons. The highest BCUT2D eigenvalue weighted by Gasteiger charge is 2.16. The summed E-state index contributed by atoms with van der Waals surface area (Å²) in [5.41, 5.74) is 1.50. The molecular weight excluding hydrogens is 330 g/mol. The third kappa shape index (κ3) is 3.55. The highest BCUT2D eigenvalue weighted by molar-refractivity contribution is 6.31. The number of nitrogens with zero attached hydrogens (tertiary/aromatic N) is 2. The van der Waals surface area contributed by atoms with Crippen LogP contribution in [0.5, 0.6) is 5.75 Å². The number of aromatic nitrogens is 2. The fourth-order valence-electron chi connectivity index (χ4n) is 2.09. The van der Waals surface area contributed by atoms with Crippen LogP contribution in [0.15, 0.2) is 53.1 Å². The van der Waals surface area contributed by atoms with Gasteiger partial charge in [0.1, 0.15) is 5.75 Å². The fourth-order valence-corrected chi connectivity index (χ4v) is 2.29. The number of hydrogen-bond donors (Lipinski definition) is 1. The van der Waals surface area contributed by atoms with Gasteiger partial charge in [-0.15, -0.1) is 0 Å². The molecular formula is C17H14ClN3O3. The van der Waals surface area contributed by atoms with Crippen LogP contribution in [0.25, 0.3) is 11.4 Å². The highest BCUT2D eigenvalue weighted by atomic mass is 35.5. The molecule has 24 heavy (non-hydrogen) atoms. The predicted octanol–water partition coefficient (Wildman–Crippen LogP) is 3.33. The summed E-state index contributed by atoms with van der Waals surface area (Å²) in [7, 11) is 1.57. The highest BCUT2D eigenvalue weighted by Crippen LogP contribution is 2.21. The van der Waals surface area contributed by atoms with E-state index in [0.717, 1.165) is 5.56 Å². The third-order valence-corrected chi connectivity index (χ3v) is 3.71. The van der Waals surface area contributed by atoms with Crippen LogP contribution in [-0.4, -0.2) is 23.2 Å². The van der Waals surface area contributed by atoms with E-state index < -0.39 is 5.91 Å². The number of nitrogens with one attached hydrogen (secondary N) is 1. The fraction of sp³-hybridized carbons (Fsp3) is 0.118. The van der Waals surface area contributed by atoms with Gasteiger partial charge in [0, 0.05) is 17.1 Å². The minimum Gasteiger partial charge on any atom is -0.497 e. The van der Waals surface area contributed by atoms with Crippen LogP contribution >= 0.6 is 11.6 Å². The van der Waals surface area contributed by atoms with E-state index in [0.29, 0.717) is 22.2 Å². The smallest absolute Gasteiger partial charge is 0.316 e. The molecule has 2 aromatic carbocycles. The van der Waals surface area contributed by atoms with E-state index in [1.165, 1.54) is 0 Å². The lowest BCUT2D eigenvalue weighted by Gasteiger charge is -2.04. The lowest BCUT2D eigenvalue weighted by molar-refractivity contribution is 0.0907. The second-order valence-corrected chi connectivity index (χ2v) is 5.34. The molecule has 0 unspecified atom stereocenters. The summed E-state index contributed by atoms with van der Waals surface area (Å²) in [6, 6.07) is 14.4. The molecule has 3 aromatic rings. The topological polar surface area (TPSA) is 77.2 Å². The first kappa shape index (κ1) is 16.0. The van der Waals surface area contributed by atoms with Crippen molar-refractivity contribution in [2.24, 2.45) is 0 Å². The van der Waals surface area contributed by atoms with Crippen LogP contribution in [0.3, 0.4) is 0 Å². The van der Waals surface area contributed by atoms with E-state index in [1.54, 1.807) is 31.4 Å². The molecule has 0 radical (unpaired) electrons. The van der Waals surface area contributed by atoms with Crippen LogP contribution in [0.2, 0.25) is 5.02 Å². The third-order valence-electron chi connectivity index (χ3n) is 3.35. The molecule has 0 atom stereocenters. The van der Waals surface area contributed by atoms with Crippen molar-refractivity contribution in [2.75, 3.05) is 7.11 Å². The number of halogens is 1. The average Bonchev–Trinajstić information content (AvgIpc) is 3.11. The molecule has 0 aliphatic heterocycles. The number of benzene rings is 2. The maximum atomic E-state index is 12.1. The SMILES string of the molecule is COc1cccc(-c2noc(C(=O)NCc3ccccc3Cl)n2)c1. The largest absolute Gasteiger partial charge is 0.497 e. The van der Waals surface area contributed by atoms with Gasteiger partial charge < -0.3 is 14.6 Å². The second kappa shape index (κ2) is 7.14. The number of rotatable bonds is 5. The normalized spacial score (nSPS) is 10.4. The summed E-state index contributed by atoms with van der Waals surface area (Å²) in [6.45, 7) is 0.273. The van der Waals surface area contributed by atoms with Crippen LogP contribution in [-0.2, 0) is 6.54 Å². The minimum absolute atomic E-state index is 0.111. The van der Waals surface area contributed by atoms with Gasteiger partial charge in [-0.3, -0.25) is 4.79 Å². The molecule has 0 bridgehead atoms. The quantitative estimate of drug-likeness (QED) is 0.768. The monoisotopic (exact) mass is 343 g/mol. The van der Waals surface area contributed by atoms with Crippen LogP contribution in [0.1, 0.15) is 16.2 Å². The summed E-state index contributed by atoms with van der Waals surface area (Å²) in [5, 5.41) is 7.11. The van der Waals surface area contributed by atoms with Gasteiger partial charge in [0.05, 0.1) is 7.11 Å². The molecule has 1 heterocycles. The Hall–Kier alpha value is -2.86. The first-order chi connectivity index (χ1) is 11.7. The molecule has 7 heteroatoms. The van der Waals surface area contributed by atoms with Crippen molar-refractivity contribution in [1.82, 2.24) is 15.5 Å². The van der Waals surface area contributed by atoms with E-state index in [4.69, 9.17) is 20.9 Å². The Morgan fingerprint density at radius 1 is 1.25 bits per heavy atom. The summed E-state index contributed by atoms with van der Waals surface area (Å²) in [6.07, 6.45) is 0. The van der Waals surface area contributed by atoms with E-state index in [-0.39, 0.29) is 12.4 Å². The molecule has 0 spiro atoms. The second-order valence-electron chi connectivity index (χ2n) is 4.93. The van der Waals surface area contributed by atoms with Crippen molar-refractivity contribution in [1.29, 1.82) is 0 Å². The Labute approximate surface area is 143 Å². The van der Waals surface area contributed by atoms with Gasteiger partial charge in [0.25, 0.3) is 0 Å². The summed E-state index contributed by atoms with van der Waals surface area (Å²) < 4.78 is 10.2. The van der Waals surface area contributed by atoms with Gasteiger partial charge in [-0.25, -0.2) is 0 Å². The molecule has 0 saturated heterocycles. The van der Waals surface area contributed by atoms with Crippen molar-refractivity contribution in [3.05, 3.63) is 65.0 Å². The number of carbonyl (C=O) groups excluding carboxylic acids is 1. The van der Waals surface area contributed by atoms with Gasteiger partial charge in [-0.1, -0.05) is 47.1 Å². The Kier molecular flexibility index (Phi) is 4.77. The van der Waals surface area contributed by atoms with Crippen molar-refractivity contribution in [3.8, 4) is 17.1 Å². The molecule has 1 N–H and O–H groups in total. The van der Waals surface area contributed by atoms with Crippen molar-refractivity contribution in [2.45, 2.75) is 6.54 Å². The lowest BCUT2D eigenvalue weighted by Crippen LogP contribution is -2.23. The lowest BCUT2D eigenvalue weighted by atomic mass is 10.2. The standard InChI is InChI=1S/C17H14ClN3O3/c1-23-13-7-4-6-11(9-13)15-20-17(24-21-15)16(22)19-10-12-5-2-3-8-14(12)18/h2-9H,10H2,1H3,(H,19,22). The van der Waals surface area contributed by atoms with Gasteiger partial charge >= 0.3 is 11.8 Å². The van der Waals surface area contributed by atoms with Crippen LogP contribution in [0, 0.1) is 0 Å². The zero-order valence-corrected chi connectivity index (χ0v) is 13.6. The zero-order chi connectivity index (χ0) is 16.9. The maximum Gasteiger partial charge on any atom is 0.316 e. The van der Waals surface area contributed by atoms with Crippen LogP contribution < -0.4 is 10.1 Å². The number of ether oxygens (including phenoxy) is 1. The van der Waals surface area contributed by atoms with Gasteiger partial charge in [0.2, 0.25) is 5.82 Å². The first-order valence-corrected chi connectivity index (χ1v) is 7.55. The number of amides is 1. The molecule has 1 aromatic heterocycles. The molecule has 1 amide bonds. The van der Waals surface area contributed by atoms with Crippen molar-refractivity contribution < 1.29 is 14.1 Å². The van der Waals surface area contributed by atoms with E-state index >= 15 is 0 Å². The molecule has 0 fully saturated rings. The van der Waals surface area contributed by atoms with Crippen molar-refractivity contribution in [3.63, 3.8) is 0 Å². The van der Waals surface area contributed by atoms with Crippen molar-refractivity contribution >= 4 is 17.5 Å². The molecule has 0 saturated carbocycles. The van der Waals surface area contributed by atoms with E-state index in [2.05, 4.69) is 15.5 Å². The Bertz CT molecular complexity index is 864. The summed E-state index contributed by atoms with van der Waals surface area (Å²) >= 11 is 6.05. The number of carbonyl (C=O) groups is 1. The molecule has 3 rings (SSSR count). The zero-order valence-electron chi connectivity index (χ0n) is 12.8. The number of hydrogen-bond acceptors (Lipinski definition) is 5. The van der Waals surface area contributed by atoms with Gasteiger partial charge in [-0.05, 0) is 23.8 Å². The molecule has 0 aliphatic carbocycles. The molecule has 0 aliphatic rings. The Balaban J connectivity index is 1.70.